The first-order valence-corrected chi connectivity index (χ1v) is 23.2. The van der Waals surface area contributed by atoms with Crippen molar-refractivity contribution in [2.45, 2.75) is 12.8 Å². The third kappa shape index (κ3) is 5.85. The van der Waals surface area contributed by atoms with Gasteiger partial charge in [-0.3, -0.25) is 0 Å². The minimum absolute atomic E-state index is 0.702. The van der Waals surface area contributed by atoms with E-state index in [1.165, 1.54) is 62.2 Å². The number of fused-ring (bicyclic) bond motifs is 11. The lowest BCUT2D eigenvalue weighted by Crippen LogP contribution is -2.03. The Hall–Kier alpha value is -7.44. The van der Waals surface area contributed by atoms with E-state index in [9.17, 15) is 0 Å². The Morgan fingerprint density at radius 1 is 0.429 bits per heavy atom. The topological polar surface area (TPSA) is 30.7 Å². The summed E-state index contributed by atoms with van der Waals surface area (Å²) in [5.41, 5.74) is 13.0. The van der Waals surface area contributed by atoms with Gasteiger partial charge in [0.1, 0.15) is 0 Å². The first kappa shape index (κ1) is 36.2. The Morgan fingerprint density at radius 3 is 1.76 bits per heavy atom. The van der Waals surface area contributed by atoms with Crippen LogP contribution in [0.1, 0.15) is 18.5 Å². The third-order valence-electron chi connectivity index (χ3n) is 12.6. The number of benzene rings is 8. The van der Waals surface area contributed by atoms with E-state index in [2.05, 4.69) is 205 Å². The number of aromatic nitrogens is 3. The van der Waals surface area contributed by atoms with Crippen LogP contribution in [0.3, 0.4) is 0 Å². The van der Waals surface area contributed by atoms with Crippen LogP contribution >= 0.6 is 22.7 Å². The zero-order valence-corrected chi connectivity index (χ0v) is 35.8. The molecule has 1 aliphatic rings. The lowest BCUT2D eigenvalue weighted by molar-refractivity contribution is 1.03. The van der Waals surface area contributed by atoms with Gasteiger partial charge in [0, 0.05) is 73.4 Å². The number of hydrogen-bond acceptors (Lipinski definition) is 4. The first-order valence-electron chi connectivity index (χ1n) is 21.5. The molecule has 5 heteroatoms. The monoisotopic (exact) mass is 839 g/mol. The molecule has 0 aliphatic heterocycles. The highest BCUT2D eigenvalue weighted by molar-refractivity contribution is 7.30. The van der Waals surface area contributed by atoms with Gasteiger partial charge in [0.25, 0.3) is 0 Å². The van der Waals surface area contributed by atoms with Crippen LogP contribution in [0.25, 0.3) is 118 Å². The van der Waals surface area contributed by atoms with Crippen LogP contribution in [0.15, 0.2) is 200 Å². The maximum atomic E-state index is 5.37. The van der Waals surface area contributed by atoms with E-state index in [0.29, 0.717) is 5.82 Å². The fraction of sp³-hybridized carbons (Fsp3) is 0.0345. The number of hydrogen-bond donors (Lipinski definition) is 0. The second-order valence-corrected chi connectivity index (χ2v) is 18.4. The molecular formula is C58H37N3S2. The van der Waals surface area contributed by atoms with E-state index < -0.39 is 0 Å². The predicted molar refractivity (Wildman–Crippen MR) is 270 cm³/mol. The molecule has 0 unspecified atom stereocenters. The second-order valence-electron chi connectivity index (χ2n) is 16.3. The van der Waals surface area contributed by atoms with Crippen LogP contribution in [-0.2, 0) is 0 Å². The molecule has 296 valence electrons. The number of para-hydroxylation sites is 1. The zero-order valence-electron chi connectivity index (χ0n) is 34.1. The summed E-state index contributed by atoms with van der Waals surface area (Å²) < 4.78 is 7.89. The molecule has 1 aliphatic carbocycles. The Balaban J connectivity index is 1.13. The van der Waals surface area contributed by atoms with E-state index in [-0.39, 0.29) is 0 Å². The van der Waals surface area contributed by atoms with E-state index in [0.717, 1.165) is 68.9 Å². The molecule has 0 amide bonds. The molecule has 0 saturated carbocycles. The van der Waals surface area contributed by atoms with Crippen LogP contribution in [0, 0.1) is 0 Å². The van der Waals surface area contributed by atoms with E-state index in [1.54, 1.807) is 0 Å². The van der Waals surface area contributed by atoms with E-state index in [4.69, 9.17) is 9.97 Å². The van der Waals surface area contributed by atoms with Crippen LogP contribution in [-0.4, -0.2) is 14.5 Å². The Morgan fingerprint density at radius 2 is 1.05 bits per heavy atom. The largest absolute Gasteiger partial charge is 0.308 e. The fourth-order valence-electron chi connectivity index (χ4n) is 9.76. The van der Waals surface area contributed by atoms with Crippen molar-refractivity contribution in [3.05, 3.63) is 206 Å². The highest BCUT2D eigenvalue weighted by atomic mass is 32.1. The Kier molecular flexibility index (Phi) is 8.39. The summed E-state index contributed by atoms with van der Waals surface area (Å²) in [6.45, 7) is 0. The molecule has 3 nitrogen and oxygen atoms in total. The first-order chi connectivity index (χ1) is 31.2. The minimum atomic E-state index is 0.702. The standard InChI is InChI=1S/C58H37N3S2/c1-5-17-36(18-6-1)45-33-40(58-59-47(38-21-9-3-10-22-38)35-48(60-58)39-23-11-4-12-24-39)34-46(37-19-7-2-8-20-37)55(45)61-49-27-15-13-25-43(49)53-50(61)31-29-41-42-30-32-52-54(57(42)63-56(41)53)44-26-14-16-28-51(44)62-52/h1-3,5-11,13-35H,4,12H2. The average molecular weight is 840 g/mol. The van der Waals surface area contributed by atoms with Gasteiger partial charge >= 0.3 is 0 Å². The number of rotatable bonds is 6. The summed E-state index contributed by atoms with van der Waals surface area (Å²) in [6.07, 6.45) is 8.80. The molecule has 0 radical (unpaired) electrons. The molecule has 0 atom stereocenters. The maximum Gasteiger partial charge on any atom is 0.160 e. The van der Waals surface area contributed by atoms with Crippen LogP contribution < -0.4 is 0 Å². The lowest BCUT2D eigenvalue weighted by Gasteiger charge is -2.21. The van der Waals surface area contributed by atoms with Crippen molar-refractivity contribution in [3.63, 3.8) is 0 Å². The highest BCUT2D eigenvalue weighted by Gasteiger charge is 2.25. The van der Waals surface area contributed by atoms with Gasteiger partial charge in [0.2, 0.25) is 0 Å². The molecule has 0 fully saturated rings. The van der Waals surface area contributed by atoms with E-state index >= 15 is 0 Å². The average Bonchev–Trinajstić information content (AvgIpc) is 4.04. The summed E-state index contributed by atoms with van der Waals surface area (Å²) >= 11 is 3.83. The summed E-state index contributed by atoms with van der Waals surface area (Å²) in [6, 6.07) is 66.2. The van der Waals surface area contributed by atoms with Gasteiger partial charge in [-0.05, 0) is 72.0 Å². The molecular weight excluding hydrogens is 803 g/mol. The number of allylic oxidation sites excluding steroid dienone is 4. The van der Waals surface area contributed by atoms with Crippen LogP contribution in [0.4, 0.5) is 0 Å². The summed E-state index contributed by atoms with van der Waals surface area (Å²) in [5, 5.41) is 7.87. The molecule has 63 heavy (non-hydrogen) atoms. The number of nitrogens with zero attached hydrogens (tertiary/aromatic N) is 3. The molecule has 4 aromatic heterocycles. The van der Waals surface area contributed by atoms with Gasteiger partial charge in [-0.15, -0.1) is 22.7 Å². The van der Waals surface area contributed by atoms with Gasteiger partial charge in [-0.1, -0.05) is 158 Å². The minimum Gasteiger partial charge on any atom is -0.308 e. The summed E-state index contributed by atoms with van der Waals surface area (Å²) in [4.78, 5) is 10.7. The van der Waals surface area contributed by atoms with Crippen molar-refractivity contribution in [2.75, 3.05) is 0 Å². The van der Waals surface area contributed by atoms with Crippen molar-refractivity contribution in [3.8, 4) is 50.6 Å². The van der Waals surface area contributed by atoms with Crippen LogP contribution in [0.2, 0.25) is 0 Å². The van der Waals surface area contributed by atoms with Crippen molar-refractivity contribution < 1.29 is 0 Å². The summed E-state index contributed by atoms with van der Waals surface area (Å²) in [7, 11) is 0. The van der Waals surface area contributed by atoms with Gasteiger partial charge in [-0.2, -0.15) is 0 Å². The van der Waals surface area contributed by atoms with Crippen molar-refractivity contribution >= 4 is 90.4 Å². The smallest absolute Gasteiger partial charge is 0.160 e. The second kappa shape index (κ2) is 14.6. The lowest BCUT2D eigenvalue weighted by atomic mass is 9.92. The van der Waals surface area contributed by atoms with Crippen LogP contribution in [0.5, 0.6) is 0 Å². The molecule has 0 bridgehead atoms. The SMILES string of the molecule is C1=CC(c2cc(-c3ccccc3)nc(-c3cc(-c4ccccc4)c(-n4c5ccccc5c5c6sc7c(ccc8sc9ccccc9c87)c6ccc54)c(-c4ccccc4)c3)n2)=CCC1. The Bertz CT molecular complexity index is 3770. The van der Waals surface area contributed by atoms with Gasteiger partial charge in [0.05, 0.1) is 28.1 Å². The fourth-order valence-corrected chi connectivity index (χ4v) is 12.4. The van der Waals surface area contributed by atoms with Gasteiger partial charge in [-0.25, -0.2) is 9.97 Å². The molecule has 13 rings (SSSR count). The highest BCUT2D eigenvalue weighted by Crippen LogP contribution is 2.50. The molecule has 12 aromatic rings. The molecule has 4 heterocycles. The quantitative estimate of drug-likeness (QED) is 0.167. The van der Waals surface area contributed by atoms with E-state index in [1.807, 2.05) is 22.7 Å². The third-order valence-corrected chi connectivity index (χ3v) is 15.0. The molecule has 8 aromatic carbocycles. The van der Waals surface area contributed by atoms with Crippen molar-refractivity contribution in [2.24, 2.45) is 0 Å². The molecule has 0 spiro atoms. The summed E-state index contributed by atoms with van der Waals surface area (Å²) in [5.74, 6) is 0.702. The van der Waals surface area contributed by atoms with Crippen molar-refractivity contribution in [1.82, 2.24) is 14.5 Å². The van der Waals surface area contributed by atoms with Gasteiger partial charge < -0.3 is 4.57 Å². The molecule has 0 N–H and O–H groups in total. The molecule has 0 saturated heterocycles. The number of thiophene rings is 2. The Labute approximate surface area is 372 Å². The predicted octanol–water partition coefficient (Wildman–Crippen LogP) is 16.7. The van der Waals surface area contributed by atoms with Crippen molar-refractivity contribution in [1.29, 1.82) is 0 Å². The normalized spacial score (nSPS) is 13.0. The maximum absolute atomic E-state index is 5.37. The van der Waals surface area contributed by atoms with Gasteiger partial charge in [0.15, 0.2) is 5.82 Å². The zero-order chi connectivity index (χ0) is 41.4.